The van der Waals surface area contributed by atoms with E-state index in [1.54, 1.807) is 6.07 Å². The summed E-state index contributed by atoms with van der Waals surface area (Å²) in [6, 6.07) is 16.3. The molecule has 0 fully saturated rings. The number of benzene rings is 3. The first-order valence-corrected chi connectivity index (χ1v) is 9.31. The molecule has 28 heavy (non-hydrogen) atoms. The molecule has 0 radical (unpaired) electrons. The van der Waals surface area contributed by atoms with Gasteiger partial charge in [-0.15, -0.1) is 0 Å². The Morgan fingerprint density at radius 1 is 1.11 bits per heavy atom. The van der Waals surface area contributed by atoms with Crippen molar-refractivity contribution >= 4 is 33.3 Å². The average Bonchev–Trinajstić information content (AvgIpc) is 3.17. The van der Waals surface area contributed by atoms with Gasteiger partial charge >= 0.3 is 5.97 Å². The maximum Gasteiger partial charge on any atom is 0.372 e. The molecule has 1 aliphatic carbocycles. The van der Waals surface area contributed by atoms with Crippen LogP contribution in [0.5, 0.6) is 0 Å². The first kappa shape index (κ1) is 16.8. The largest absolute Gasteiger partial charge is 0.475 e. The number of carbonyl (C=O) groups excluding carboxylic acids is 1. The number of carbonyl (C=O) groups is 2. The number of aryl methyl sites for hydroxylation is 1. The van der Waals surface area contributed by atoms with Crippen molar-refractivity contribution < 1.29 is 19.1 Å². The Morgan fingerprint density at radius 2 is 1.93 bits per heavy atom. The molecule has 0 bridgehead atoms. The minimum atomic E-state index is -1.14. The summed E-state index contributed by atoms with van der Waals surface area (Å²) >= 11 is 0. The Morgan fingerprint density at radius 3 is 2.75 bits per heavy atom. The smallest absolute Gasteiger partial charge is 0.372 e. The predicted molar refractivity (Wildman–Crippen MR) is 107 cm³/mol. The lowest BCUT2D eigenvalue weighted by Crippen LogP contribution is -2.25. The Hall–Kier alpha value is -3.40. The number of aromatic carboxylic acids is 1. The Bertz CT molecular complexity index is 1280. The molecule has 1 unspecified atom stereocenters. The highest BCUT2D eigenvalue weighted by atomic mass is 16.4. The number of fused-ring (bicyclic) bond motifs is 5. The Labute approximate surface area is 161 Å². The van der Waals surface area contributed by atoms with E-state index in [-0.39, 0.29) is 11.5 Å². The number of ketones is 1. The molecule has 0 saturated heterocycles. The summed E-state index contributed by atoms with van der Waals surface area (Å²) in [5.41, 5.74) is 3.82. The second-order valence-electron chi connectivity index (χ2n) is 7.45. The van der Waals surface area contributed by atoms with Gasteiger partial charge < -0.3 is 9.52 Å². The summed E-state index contributed by atoms with van der Waals surface area (Å²) < 4.78 is 5.13. The fourth-order valence-corrected chi connectivity index (χ4v) is 4.62. The molecular formula is C24H18O4. The van der Waals surface area contributed by atoms with E-state index in [2.05, 4.69) is 31.2 Å². The van der Waals surface area contributed by atoms with Crippen molar-refractivity contribution in [2.75, 3.05) is 0 Å². The Kier molecular flexibility index (Phi) is 3.63. The fraction of sp³-hybridized carbons (Fsp3) is 0.167. The molecule has 1 atom stereocenters. The topological polar surface area (TPSA) is 67.5 Å². The van der Waals surface area contributed by atoms with Crippen LogP contribution in [0.2, 0.25) is 0 Å². The standard InChI is InChI=1S/C24H18O4/c1-13-10-14-4-2-3-5-16(14)17-7-6-15-11-21(25)20(12-19(15)22(13)17)18-8-9-28-23(18)24(26)27/h2-10,20H,11-12H2,1H3,(H,26,27). The van der Waals surface area contributed by atoms with E-state index in [0.717, 1.165) is 11.1 Å². The number of Topliss-reactive ketones (excluding diaryl/α,β-unsaturated/α-hetero) is 1. The fourth-order valence-electron chi connectivity index (χ4n) is 4.62. The molecular weight excluding hydrogens is 352 g/mol. The molecule has 0 saturated carbocycles. The van der Waals surface area contributed by atoms with Crippen LogP contribution in [0.15, 0.2) is 59.2 Å². The van der Waals surface area contributed by atoms with Crippen LogP contribution in [0, 0.1) is 6.92 Å². The quantitative estimate of drug-likeness (QED) is 0.502. The van der Waals surface area contributed by atoms with E-state index < -0.39 is 11.9 Å². The minimum absolute atomic E-state index is 0.0363. The van der Waals surface area contributed by atoms with Crippen molar-refractivity contribution in [1.29, 1.82) is 0 Å². The molecule has 1 aromatic heterocycles. The van der Waals surface area contributed by atoms with Crippen LogP contribution in [-0.2, 0) is 17.6 Å². The van der Waals surface area contributed by atoms with E-state index in [1.807, 2.05) is 18.2 Å². The van der Waals surface area contributed by atoms with E-state index in [1.165, 1.54) is 33.4 Å². The van der Waals surface area contributed by atoms with Gasteiger partial charge in [0.2, 0.25) is 5.76 Å². The van der Waals surface area contributed by atoms with Crippen LogP contribution in [-0.4, -0.2) is 16.9 Å². The third kappa shape index (κ3) is 2.38. The molecule has 1 aliphatic rings. The van der Waals surface area contributed by atoms with Crippen molar-refractivity contribution in [2.45, 2.75) is 25.7 Å². The second-order valence-corrected chi connectivity index (χ2v) is 7.45. The van der Waals surface area contributed by atoms with E-state index in [9.17, 15) is 14.7 Å². The highest BCUT2D eigenvalue weighted by molar-refractivity contribution is 6.11. The average molecular weight is 370 g/mol. The lowest BCUT2D eigenvalue weighted by atomic mass is 9.76. The molecule has 1 heterocycles. The van der Waals surface area contributed by atoms with Crippen molar-refractivity contribution in [2.24, 2.45) is 0 Å². The number of carboxylic acid groups (broad SMARTS) is 1. The molecule has 4 nitrogen and oxygen atoms in total. The zero-order chi connectivity index (χ0) is 19.4. The summed E-state index contributed by atoms with van der Waals surface area (Å²) in [5, 5.41) is 14.1. The van der Waals surface area contributed by atoms with E-state index >= 15 is 0 Å². The summed E-state index contributed by atoms with van der Waals surface area (Å²) in [6.45, 7) is 2.10. The predicted octanol–water partition coefficient (Wildman–Crippen LogP) is 5.04. The molecule has 0 amide bonds. The number of carboxylic acids is 1. The molecule has 0 spiro atoms. The van der Waals surface area contributed by atoms with Crippen LogP contribution < -0.4 is 0 Å². The van der Waals surface area contributed by atoms with Gasteiger partial charge in [-0.3, -0.25) is 4.79 Å². The minimum Gasteiger partial charge on any atom is -0.475 e. The first-order chi connectivity index (χ1) is 13.5. The number of rotatable bonds is 2. The first-order valence-electron chi connectivity index (χ1n) is 9.31. The van der Waals surface area contributed by atoms with Crippen LogP contribution in [0.25, 0.3) is 21.5 Å². The summed E-state index contributed by atoms with van der Waals surface area (Å²) in [4.78, 5) is 24.3. The van der Waals surface area contributed by atoms with Gasteiger partial charge in [-0.1, -0.05) is 42.5 Å². The second kappa shape index (κ2) is 6.06. The summed E-state index contributed by atoms with van der Waals surface area (Å²) in [7, 11) is 0. The van der Waals surface area contributed by atoms with Crippen molar-refractivity contribution in [1.82, 2.24) is 0 Å². The number of hydrogen-bond donors (Lipinski definition) is 1. The summed E-state index contributed by atoms with van der Waals surface area (Å²) in [5.74, 6) is -1.73. The van der Waals surface area contributed by atoms with E-state index in [0.29, 0.717) is 18.4 Å². The highest BCUT2D eigenvalue weighted by Gasteiger charge is 2.33. The maximum absolute atomic E-state index is 12.8. The summed E-state index contributed by atoms with van der Waals surface area (Å²) in [6.07, 6.45) is 2.15. The zero-order valence-corrected chi connectivity index (χ0v) is 15.4. The molecule has 5 rings (SSSR count). The molecule has 0 aliphatic heterocycles. The van der Waals surface area contributed by atoms with Crippen molar-refractivity contribution in [3.63, 3.8) is 0 Å². The maximum atomic E-state index is 12.8. The SMILES string of the molecule is Cc1cc2ccccc2c2ccc3c(c12)CC(c1ccoc1C(=O)O)C(=O)C3. The molecule has 1 N–H and O–H groups in total. The van der Waals surface area contributed by atoms with E-state index in [4.69, 9.17) is 4.42 Å². The lowest BCUT2D eigenvalue weighted by Gasteiger charge is -2.26. The van der Waals surface area contributed by atoms with Gasteiger partial charge in [0.05, 0.1) is 12.2 Å². The number of hydrogen-bond acceptors (Lipinski definition) is 3. The lowest BCUT2D eigenvalue weighted by molar-refractivity contribution is -0.120. The third-order valence-electron chi connectivity index (χ3n) is 5.85. The van der Waals surface area contributed by atoms with Gasteiger partial charge in [0, 0.05) is 12.0 Å². The zero-order valence-electron chi connectivity index (χ0n) is 15.4. The van der Waals surface area contributed by atoms with Crippen LogP contribution in [0.4, 0.5) is 0 Å². The van der Waals surface area contributed by atoms with Crippen LogP contribution >= 0.6 is 0 Å². The van der Waals surface area contributed by atoms with Gasteiger partial charge in [0.15, 0.2) is 0 Å². The van der Waals surface area contributed by atoms with Crippen LogP contribution in [0.1, 0.15) is 38.7 Å². The van der Waals surface area contributed by atoms with Gasteiger partial charge in [0.1, 0.15) is 5.78 Å². The molecule has 3 aromatic carbocycles. The molecule has 4 heteroatoms. The van der Waals surface area contributed by atoms with Crippen molar-refractivity contribution in [3.05, 3.63) is 82.8 Å². The van der Waals surface area contributed by atoms with Gasteiger partial charge in [-0.2, -0.15) is 0 Å². The number of furan rings is 1. The third-order valence-corrected chi connectivity index (χ3v) is 5.85. The van der Waals surface area contributed by atoms with Gasteiger partial charge in [0.25, 0.3) is 0 Å². The van der Waals surface area contributed by atoms with Gasteiger partial charge in [-0.05, 0) is 57.6 Å². The van der Waals surface area contributed by atoms with Crippen molar-refractivity contribution in [3.8, 4) is 0 Å². The Balaban J connectivity index is 1.74. The normalized spacial score (nSPS) is 16.5. The highest BCUT2D eigenvalue weighted by Crippen LogP contribution is 2.39. The van der Waals surface area contributed by atoms with Crippen LogP contribution in [0.3, 0.4) is 0 Å². The van der Waals surface area contributed by atoms with Gasteiger partial charge in [-0.25, -0.2) is 4.79 Å². The molecule has 4 aromatic rings. The monoisotopic (exact) mass is 370 g/mol. The molecule has 138 valence electrons.